The zero-order valence-corrected chi connectivity index (χ0v) is 13.2. The van der Waals surface area contributed by atoms with Crippen molar-refractivity contribution in [1.82, 2.24) is 0 Å². The summed E-state index contributed by atoms with van der Waals surface area (Å²) in [5.41, 5.74) is 8.48. The number of hydrogen-bond acceptors (Lipinski definition) is 3. The van der Waals surface area contributed by atoms with Crippen LogP contribution in [-0.2, 0) is 12.0 Å². The second kappa shape index (κ2) is 6.46. The SMILES string of the molecule is COc1ccc(F)c(-c2ccc(CO)cc2C(C)(C)CN)c1. The Balaban J connectivity index is 2.70. The maximum atomic E-state index is 14.3. The second-order valence-electron chi connectivity index (χ2n) is 5.97. The Morgan fingerprint density at radius 1 is 1.14 bits per heavy atom. The van der Waals surface area contributed by atoms with Gasteiger partial charge in [-0.15, -0.1) is 0 Å². The van der Waals surface area contributed by atoms with Crippen molar-refractivity contribution in [2.75, 3.05) is 13.7 Å². The van der Waals surface area contributed by atoms with Gasteiger partial charge in [-0.1, -0.05) is 32.0 Å². The number of hydrogen-bond donors (Lipinski definition) is 2. The zero-order valence-electron chi connectivity index (χ0n) is 13.2. The molecular weight excluding hydrogens is 281 g/mol. The highest BCUT2D eigenvalue weighted by atomic mass is 19.1. The molecule has 0 aliphatic heterocycles. The van der Waals surface area contributed by atoms with Gasteiger partial charge in [0.15, 0.2) is 0 Å². The van der Waals surface area contributed by atoms with E-state index >= 15 is 0 Å². The summed E-state index contributed by atoms with van der Waals surface area (Å²) in [6.45, 7) is 4.37. The van der Waals surface area contributed by atoms with Crippen LogP contribution in [0.3, 0.4) is 0 Å². The maximum Gasteiger partial charge on any atom is 0.131 e. The Hall–Kier alpha value is -1.91. The third-order valence-electron chi connectivity index (χ3n) is 3.97. The van der Waals surface area contributed by atoms with Crippen LogP contribution in [0.4, 0.5) is 4.39 Å². The van der Waals surface area contributed by atoms with Crippen molar-refractivity contribution in [3.63, 3.8) is 0 Å². The Bertz CT molecular complexity index is 668. The number of aliphatic hydroxyl groups is 1. The minimum absolute atomic E-state index is 0.0610. The first kappa shape index (κ1) is 16.5. The van der Waals surface area contributed by atoms with Gasteiger partial charge in [0.05, 0.1) is 13.7 Å². The average molecular weight is 303 g/mol. The lowest BCUT2D eigenvalue weighted by Crippen LogP contribution is -2.29. The molecule has 4 heteroatoms. The second-order valence-corrected chi connectivity index (χ2v) is 5.97. The van der Waals surface area contributed by atoms with Crippen LogP contribution in [0.2, 0.25) is 0 Å². The molecule has 0 saturated heterocycles. The van der Waals surface area contributed by atoms with Crippen LogP contribution in [0, 0.1) is 5.82 Å². The van der Waals surface area contributed by atoms with Gasteiger partial charge in [0.25, 0.3) is 0 Å². The van der Waals surface area contributed by atoms with Gasteiger partial charge in [0.2, 0.25) is 0 Å². The minimum atomic E-state index is -0.337. The molecule has 0 saturated carbocycles. The van der Waals surface area contributed by atoms with Crippen LogP contribution in [-0.4, -0.2) is 18.8 Å². The van der Waals surface area contributed by atoms with Crippen molar-refractivity contribution in [3.8, 4) is 16.9 Å². The number of benzene rings is 2. The molecule has 0 aromatic heterocycles. The largest absolute Gasteiger partial charge is 0.497 e. The van der Waals surface area contributed by atoms with E-state index in [0.717, 1.165) is 16.7 Å². The Morgan fingerprint density at radius 2 is 1.86 bits per heavy atom. The molecule has 0 aliphatic rings. The first-order chi connectivity index (χ1) is 10.4. The summed E-state index contributed by atoms with van der Waals surface area (Å²) in [6, 6.07) is 10.2. The standard InChI is InChI=1S/C18H22FNO2/c1-18(2,11-20)16-8-12(10-21)4-6-14(16)15-9-13(22-3)5-7-17(15)19/h4-9,21H,10-11,20H2,1-3H3. The molecule has 3 nitrogen and oxygen atoms in total. The summed E-state index contributed by atoms with van der Waals surface area (Å²) in [7, 11) is 1.55. The Morgan fingerprint density at radius 3 is 2.45 bits per heavy atom. The highest BCUT2D eigenvalue weighted by molar-refractivity contribution is 5.71. The minimum Gasteiger partial charge on any atom is -0.497 e. The highest BCUT2D eigenvalue weighted by Gasteiger charge is 2.24. The number of nitrogens with two attached hydrogens (primary N) is 1. The van der Waals surface area contributed by atoms with Gasteiger partial charge in [-0.2, -0.15) is 0 Å². The fraction of sp³-hybridized carbons (Fsp3) is 0.333. The smallest absolute Gasteiger partial charge is 0.131 e. The summed E-state index contributed by atoms with van der Waals surface area (Å²) < 4.78 is 19.5. The van der Waals surface area contributed by atoms with E-state index < -0.39 is 0 Å². The lowest BCUT2D eigenvalue weighted by atomic mass is 9.79. The molecule has 2 rings (SSSR count). The summed E-state index contributed by atoms with van der Waals surface area (Å²) in [5, 5.41) is 9.37. The van der Waals surface area contributed by atoms with E-state index in [9.17, 15) is 9.50 Å². The summed E-state index contributed by atoms with van der Waals surface area (Å²) >= 11 is 0. The first-order valence-electron chi connectivity index (χ1n) is 7.21. The quantitative estimate of drug-likeness (QED) is 0.891. The van der Waals surface area contributed by atoms with Gasteiger partial charge in [0.1, 0.15) is 11.6 Å². The van der Waals surface area contributed by atoms with Crippen LogP contribution in [0.15, 0.2) is 36.4 Å². The Kier molecular flexibility index (Phi) is 4.84. The molecule has 22 heavy (non-hydrogen) atoms. The maximum absolute atomic E-state index is 14.3. The van der Waals surface area contributed by atoms with Crippen molar-refractivity contribution >= 4 is 0 Å². The molecule has 2 aromatic carbocycles. The van der Waals surface area contributed by atoms with Crippen molar-refractivity contribution in [2.45, 2.75) is 25.9 Å². The molecule has 0 fully saturated rings. The third-order valence-corrected chi connectivity index (χ3v) is 3.97. The van der Waals surface area contributed by atoms with E-state index in [4.69, 9.17) is 10.5 Å². The molecule has 0 unspecified atom stereocenters. The van der Waals surface area contributed by atoms with Crippen LogP contribution in [0.25, 0.3) is 11.1 Å². The van der Waals surface area contributed by atoms with E-state index in [-0.39, 0.29) is 17.8 Å². The monoisotopic (exact) mass is 303 g/mol. The van der Waals surface area contributed by atoms with Gasteiger partial charge >= 0.3 is 0 Å². The molecule has 2 aromatic rings. The number of halogens is 1. The van der Waals surface area contributed by atoms with Gasteiger partial charge in [-0.3, -0.25) is 0 Å². The molecule has 118 valence electrons. The van der Waals surface area contributed by atoms with Gasteiger partial charge in [0, 0.05) is 17.5 Å². The fourth-order valence-electron chi connectivity index (χ4n) is 2.43. The summed E-state index contributed by atoms with van der Waals surface area (Å²) in [4.78, 5) is 0. The predicted octanol–water partition coefficient (Wildman–Crippen LogP) is 3.23. The average Bonchev–Trinajstić information content (AvgIpc) is 2.54. The van der Waals surface area contributed by atoms with E-state index in [1.165, 1.54) is 6.07 Å². The molecule has 0 amide bonds. The van der Waals surface area contributed by atoms with Gasteiger partial charge in [-0.25, -0.2) is 4.39 Å². The zero-order chi connectivity index (χ0) is 16.3. The molecule has 0 radical (unpaired) electrons. The van der Waals surface area contributed by atoms with Crippen molar-refractivity contribution in [1.29, 1.82) is 0 Å². The molecule has 3 N–H and O–H groups in total. The van der Waals surface area contributed by atoms with Crippen molar-refractivity contribution in [2.24, 2.45) is 5.73 Å². The lowest BCUT2D eigenvalue weighted by Gasteiger charge is -2.27. The number of methoxy groups -OCH3 is 1. The number of aliphatic hydroxyl groups excluding tert-OH is 1. The molecule has 0 spiro atoms. The van der Waals surface area contributed by atoms with Crippen LogP contribution >= 0.6 is 0 Å². The number of ether oxygens (including phenoxy) is 1. The molecule has 0 bridgehead atoms. The first-order valence-corrected chi connectivity index (χ1v) is 7.21. The number of rotatable bonds is 5. The van der Waals surface area contributed by atoms with Gasteiger partial charge < -0.3 is 15.6 Å². The van der Waals surface area contributed by atoms with Gasteiger partial charge in [-0.05, 0) is 34.9 Å². The van der Waals surface area contributed by atoms with E-state index in [1.54, 1.807) is 25.3 Å². The summed E-state index contributed by atoms with van der Waals surface area (Å²) in [6.07, 6.45) is 0. The highest BCUT2D eigenvalue weighted by Crippen LogP contribution is 2.36. The van der Waals surface area contributed by atoms with E-state index in [2.05, 4.69) is 0 Å². The van der Waals surface area contributed by atoms with Crippen LogP contribution in [0.1, 0.15) is 25.0 Å². The molecule has 0 atom stereocenters. The lowest BCUT2D eigenvalue weighted by molar-refractivity contribution is 0.281. The Labute approximate surface area is 130 Å². The van der Waals surface area contributed by atoms with E-state index in [1.807, 2.05) is 26.0 Å². The topological polar surface area (TPSA) is 55.5 Å². The third kappa shape index (κ3) is 3.13. The fourth-order valence-corrected chi connectivity index (χ4v) is 2.43. The van der Waals surface area contributed by atoms with Crippen molar-refractivity contribution in [3.05, 3.63) is 53.3 Å². The molecular formula is C18H22FNO2. The predicted molar refractivity (Wildman–Crippen MR) is 86.4 cm³/mol. The van der Waals surface area contributed by atoms with E-state index in [0.29, 0.717) is 17.9 Å². The van der Waals surface area contributed by atoms with Crippen molar-refractivity contribution < 1.29 is 14.2 Å². The molecule has 0 aliphatic carbocycles. The van der Waals surface area contributed by atoms with Crippen LogP contribution in [0.5, 0.6) is 5.75 Å². The van der Waals surface area contributed by atoms with Crippen LogP contribution < -0.4 is 10.5 Å². The molecule has 0 heterocycles. The summed E-state index contributed by atoms with van der Waals surface area (Å²) in [5.74, 6) is 0.283. The normalized spacial score (nSPS) is 11.5.